The number of carboxylic acids is 1. The molecule has 2 rings (SSSR count). The smallest absolute Gasteiger partial charge is 0.422 e. The van der Waals surface area contributed by atoms with E-state index in [1.54, 1.807) is 0 Å². The van der Waals surface area contributed by atoms with Crippen LogP contribution in [0.5, 0.6) is 11.5 Å². The molecule has 0 aliphatic heterocycles. The molecule has 1 aliphatic carbocycles. The summed E-state index contributed by atoms with van der Waals surface area (Å²) in [5.74, 6) is -1.35. The summed E-state index contributed by atoms with van der Waals surface area (Å²) in [4.78, 5) is 22.9. The first kappa shape index (κ1) is 18.9. The highest BCUT2D eigenvalue weighted by Gasteiger charge is 2.51. The third kappa shape index (κ3) is 5.27. The van der Waals surface area contributed by atoms with E-state index in [1.807, 2.05) is 0 Å². The Hall–Kier alpha value is -2.45. The van der Waals surface area contributed by atoms with E-state index in [2.05, 4.69) is 10.1 Å². The van der Waals surface area contributed by atoms with Crippen LogP contribution in [0.15, 0.2) is 18.2 Å². The molecule has 2 N–H and O–H groups in total. The van der Waals surface area contributed by atoms with Gasteiger partial charge in [-0.15, -0.1) is 0 Å². The van der Waals surface area contributed by atoms with E-state index in [0.29, 0.717) is 18.4 Å². The largest absolute Gasteiger partial charge is 0.493 e. The van der Waals surface area contributed by atoms with E-state index in [4.69, 9.17) is 9.84 Å². The lowest BCUT2D eigenvalue weighted by atomic mass is 10.1. The van der Waals surface area contributed by atoms with Crippen molar-refractivity contribution in [3.05, 3.63) is 23.8 Å². The van der Waals surface area contributed by atoms with Crippen LogP contribution in [0.25, 0.3) is 0 Å². The number of halogens is 3. The van der Waals surface area contributed by atoms with Crippen molar-refractivity contribution in [3.8, 4) is 11.5 Å². The molecule has 6 nitrogen and oxygen atoms in total. The van der Waals surface area contributed by atoms with Gasteiger partial charge in [-0.1, -0.05) is 6.07 Å². The van der Waals surface area contributed by atoms with Crippen LogP contribution in [0.1, 0.15) is 24.8 Å². The van der Waals surface area contributed by atoms with Gasteiger partial charge in [0.05, 0.1) is 7.11 Å². The van der Waals surface area contributed by atoms with E-state index in [9.17, 15) is 22.8 Å². The summed E-state index contributed by atoms with van der Waals surface area (Å²) in [6.45, 7) is -1.43. The van der Waals surface area contributed by atoms with E-state index in [1.165, 1.54) is 25.3 Å². The third-order valence-corrected chi connectivity index (χ3v) is 3.80. The lowest BCUT2D eigenvalue weighted by Gasteiger charge is -2.14. The first-order chi connectivity index (χ1) is 11.6. The molecule has 1 saturated carbocycles. The Morgan fingerprint density at radius 3 is 2.48 bits per heavy atom. The van der Waals surface area contributed by atoms with Gasteiger partial charge >= 0.3 is 12.1 Å². The Morgan fingerprint density at radius 1 is 1.28 bits per heavy atom. The molecule has 0 heterocycles. The van der Waals surface area contributed by atoms with Gasteiger partial charge in [-0.2, -0.15) is 13.2 Å². The lowest BCUT2D eigenvalue weighted by molar-refractivity contribution is -0.153. The van der Waals surface area contributed by atoms with Crippen LogP contribution < -0.4 is 14.8 Å². The highest BCUT2D eigenvalue weighted by atomic mass is 19.4. The Kier molecular flexibility index (Phi) is 5.44. The highest BCUT2D eigenvalue weighted by molar-refractivity contribution is 5.89. The molecule has 0 radical (unpaired) electrons. The maximum Gasteiger partial charge on any atom is 0.422 e. The van der Waals surface area contributed by atoms with Gasteiger partial charge in [0, 0.05) is 6.42 Å². The third-order valence-electron chi connectivity index (χ3n) is 3.80. The van der Waals surface area contributed by atoms with Crippen LogP contribution in [0.4, 0.5) is 13.2 Å². The molecule has 0 unspecified atom stereocenters. The van der Waals surface area contributed by atoms with Gasteiger partial charge in [0.15, 0.2) is 18.1 Å². The number of alkyl halides is 3. The van der Waals surface area contributed by atoms with Crippen molar-refractivity contribution in [2.75, 3.05) is 13.7 Å². The van der Waals surface area contributed by atoms with Gasteiger partial charge in [-0.05, 0) is 37.0 Å². The predicted octanol–water partition coefficient (Wildman–Crippen LogP) is 2.30. The molecule has 1 amide bonds. The number of nitrogens with one attached hydrogen (secondary N) is 1. The van der Waals surface area contributed by atoms with Crippen LogP contribution in [-0.4, -0.2) is 42.4 Å². The molecule has 1 aromatic carbocycles. The number of hydrogen-bond donors (Lipinski definition) is 2. The second-order valence-corrected chi connectivity index (χ2v) is 5.82. The van der Waals surface area contributed by atoms with E-state index in [0.717, 1.165) is 0 Å². The standard InChI is InChI=1S/C16H18F3NO5/c1-24-12-8-10(2-4-11(12)25-9-16(17,18)19)3-5-13(21)20-15(6-7-15)14(22)23/h2,4,8H,3,5-7,9H2,1H3,(H,20,21)(H,22,23). The van der Waals surface area contributed by atoms with Gasteiger partial charge in [-0.3, -0.25) is 4.79 Å². The van der Waals surface area contributed by atoms with Crippen molar-refractivity contribution >= 4 is 11.9 Å². The molecule has 0 spiro atoms. The number of aliphatic carboxylic acids is 1. The SMILES string of the molecule is COc1cc(CCC(=O)NC2(C(=O)O)CC2)ccc1OCC(F)(F)F. The Morgan fingerprint density at radius 2 is 1.96 bits per heavy atom. The van der Waals surface area contributed by atoms with Gasteiger partial charge in [-0.25, -0.2) is 4.79 Å². The first-order valence-corrected chi connectivity index (χ1v) is 7.56. The second kappa shape index (κ2) is 7.20. The zero-order valence-electron chi connectivity index (χ0n) is 13.5. The van der Waals surface area contributed by atoms with Crippen LogP contribution in [0.2, 0.25) is 0 Å². The number of carboxylic acid groups (broad SMARTS) is 1. The van der Waals surface area contributed by atoms with Crippen molar-refractivity contribution in [3.63, 3.8) is 0 Å². The van der Waals surface area contributed by atoms with Crippen molar-refractivity contribution in [1.82, 2.24) is 5.32 Å². The summed E-state index contributed by atoms with van der Waals surface area (Å²) in [7, 11) is 1.30. The van der Waals surface area contributed by atoms with Gasteiger partial charge in [0.2, 0.25) is 5.91 Å². The highest BCUT2D eigenvalue weighted by Crippen LogP contribution is 2.35. The fourth-order valence-corrected chi connectivity index (χ4v) is 2.25. The number of carbonyl (C=O) groups is 2. The number of aryl methyl sites for hydroxylation is 1. The van der Waals surface area contributed by atoms with Gasteiger partial charge in [0.25, 0.3) is 0 Å². The van der Waals surface area contributed by atoms with Crippen molar-refractivity contribution in [2.24, 2.45) is 0 Å². The fourth-order valence-electron chi connectivity index (χ4n) is 2.25. The number of carbonyl (C=O) groups excluding carboxylic acids is 1. The van der Waals surface area contributed by atoms with Crippen LogP contribution >= 0.6 is 0 Å². The first-order valence-electron chi connectivity index (χ1n) is 7.56. The van der Waals surface area contributed by atoms with Crippen LogP contribution in [-0.2, 0) is 16.0 Å². The molecule has 0 saturated heterocycles. The molecular weight excluding hydrogens is 343 g/mol. The minimum atomic E-state index is -4.45. The monoisotopic (exact) mass is 361 g/mol. The molecule has 0 bridgehead atoms. The minimum absolute atomic E-state index is 0.0455. The summed E-state index contributed by atoms with van der Waals surface area (Å²) in [5.41, 5.74) is -0.476. The summed E-state index contributed by atoms with van der Waals surface area (Å²) in [6, 6.07) is 4.37. The maximum absolute atomic E-state index is 12.2. The summed E-state index contributed by atoms with van der Waals surface area (Å²) in [5, 5.41) is 11.5. The molecule has 1 fully saturated rings. The molecular formula is C16H18F3NO5. The lowest BCUT2D eigenvalue weighted by Crippen LogP contribution is -2.43. The number of benzene rings is 1. The average molecular weight is 361 g/mol. The predicted molar refractivity (Wildman–Crippen MR) is 80.6 cm³/mol. The second-order valence-electron chi connectivity index (χ2n) is 5.82. The molecule has 25 heavy (non-hydrogen) atoms. The zero-order valence-corrected chi connectivity index (χ0v) is 13.5. The number of rotatable bonds is 8. The van der Waals surface area contributed by atoms with E-state index in [-0.39, 0.29) is 24.3 Å². The summed E-state index contributed by atoms with van der Waals surface area (Å²) < 4.78 is 46.3. The number of ether oxygens (including phenoxy) is 2. The molecule has 1 aliphatic rings. The van der Waals surface area contributed by atoms with Crippen LogP contribution in [0, 0.1) is 0 Å². The zero-order chi connectivity index (χ0) is 18.7. The maximum atomic E-state index is 12.2. The fraction of sp³-hybridized carbons (Fsp3) is 0.500. The topological polar surface area (TPSA) is 84.9 Å². The van der Waals surface area contributed by atoms with Crippen molar-refractivity contribution < 1.29 is 37.3 Å². The number of hydrogen-bond acceptors (Lipinski definition) is 4. The molecule has 138 valence electrons. The van der Waals surface area contributed by atoms with Crippen LogP contribution in [0.3, 0.4) is 0 Å². The van der Waals surface area contributed by atoms with E-state index >= 15 is 0 Å². The van der Waals surface area contributed by atoms with Crippen molar-refractivity contribution in [1.29, 1.82) is 0 Å². The Labute approximate surface area is 141 Å². The molecule has 0 atom stereocenters. The van der Waals surface area contributed by atoms with Gasteiger partial charge < -0.3 is 19.9 Å². The van der Waals surface area contributed by atoms with E-state index < -0.39 is 30.2 Å². The molecule has 0 aromatic heterocycles. The molecule has 1 aromatic rings. The number of amides is 1. The Bertz CT molecular complexity index is 656. The number of methoxy groups -OCH3 is 1. The molecule has 9 heteroatoms. The van der Waals surface area contributed by atoms with Gasteiger partial charge in [0.1, 0.15) is 5.54 Å². The quantitative estimate of drug-likeness (QED) is 0.742. The minimum Gasteiger partial charge on any atom is -0.493 e. The normalized spacial score (nSPS) is 15.4. The Balaban J connectivity index is 1.92. The average Bonchev–Trinajstić information content (AvgIpc) is 3.31. The summed E-state index contributed by atoms with van der Waals surface area (Å²) >= 11 is 0. The summed E-state index contributed by atoms with van der Waals surface area (Å²) in [6.07, 6.45) is -3.29. The van der Waals surface area contributed by atoms with Crippen molar-refractivity contribution in [2.45, 2.75) is 37.4 Å².